The van der Waals surface area contributed by atoms with Crippen molar-refractivity contribution in [2.75, 3.05) is 26.7 Å². The summed E-state index contributed by atoms with van der Waals surface area (Å²) in [6.45, 7) is 8.54. The number of hydrogen-bond donors (Lipinski definition) is 0. The van der Waals surface area contributed by atoms with Gasteiger partial charge >= 0.3 is 5.97 Å². The predicted octanol–water partition coefficient (Wildman–Crippen LogP) is 2.51. The normalized spacial score (nSPS) is 35.7. The molecular formula is C15H26NO2+. The lowest BCUT2D eigenvalue weighted by molar-refractivity contribution is -0.947. The molecule has 2 aliphatic heterocycles. The molecule has 2 heterocycles. The number of hydrogen-bond acceptors (Lipinski definition) is 2. The van der Waals surface area contributed by atoms with Crippen LogP contribution < -0.4 is 0 Å². The van der Waals surface area contributed by atoms with Gasteiger partial charge in [-0.1, -0.05) is 6.58 Å². The second-order valence-electron chi connectivity index (χ2n) is 6.27. The lowest BCUT2D eigenvalue weighted by Gasteiger charge is -2.51. The molecular weight excluding hydrogens is 226 g/mol. The number of carbonyl (C=O) groups excluding carboxylic acids is 1. The third kappa shape index (κ3) is 2.77. The van der Waals surface area contributed by atoms with Gasteiger partial charge in [0.1, 0.15) is 6.61 Å². The number of nitrogens with zero attached hydrogens (tertiary/aromatic N) is 1. The van der Waals surface area contributed by atoms with E-state index in [9.17, 15) is 4.79 Å². The molecule has 18 heavy (non-hydrogen) atoms. The van der Waals surface area contributed by atoms with Gasteiger partial charge in [-0.05, 0) is 32.6 Å². The van der Waals surface area contributed by atoms with E-state index in [1.807, 2.05) is 0 Å². The Bertz CT molecular complexity index is 335. The fourth-order valence-corrected chi connectivity index (χ4v) is 3.73. The molecule has 0 saturated carbocycles. The average molecular weight is 252 g/mol. The van der Waals surface area contributed by atoms with Gasteiger partial charge < -0.3 is 9.22 Å². The maximum absolute atomic E-state index is 11.5. The first kappa shape index (κ1) is 13.6. The Balaban J connectivity index is 1.95. The Kier molecular flexibility index (Phi) is 4.10. The average Bonchev–Trinajstić information content (AvgIpc) is 2.34. The Morgan fingerprint density at radius 1 is 1.28 bits per heavy atom. The fourth-order valence-electron chi connectivity index (χ4n) is 3.73. The van der Waals surface area contributed by atoms with Crippen molar-refractivity contribution < 1.29 is 14.0 Å². The topological polar surface area (TPSA) is 26.3 Å². The van der Waals surface area contributed by atoms with Crippen LogP contribution in [0.4, 0.5) is 0 Å². The summed E-state index contributed by atoms with van der Waals surface area (Å²) < 4.78 is 6.59. The Morgan fingerprint density at radius 2 is 2.00 bits per heavy atom. The quantitative estimate of drug-likeness (QED) is 0.438. The van der Waals surface area contributed by atoms with Crippen LogP contribution in [-0.4, -0.2) is 43.2 Å². The molecule has 0 aromatic rings. The van der Waals surface area contributed by atoms with Crippen LogP contribution in [0.2, 0.25) is 0 Å². The molecule has 0 N–H and O–H groups in total. The van der Waals surface area contributed by atoms with Gasteiger partial charge in [0, 0.05) is 17.9 Å². The molecule has 0 bridgehead atoms. The largest absolute Gasteiger partial charge is 0.462 e. The summed E-state index contributed by atoms with van der Waals surface area (Å²) in [5, 5.41) is 0. The highest BCUT2D eigenvalue weighted by Crippen LogP contribution is 2.36. The van der Waals surface area contributed by atoms with E-state index in [1.54, 1.807) is 6.92 Å². The van der Waals surface area contributed by atoms with E-state index < -0.39 is 0 Å². The molecule has 3 atom stereocenters. The van der Waals surface area contributed by atoms with Crippen LogP contribution in [0.15, 0.2) is 12.2 Å². The molecule has 0 aliphatic carbocycles. The van der Waals surface area contributed by atoms with Crippen molar-refractivity contribution in [1.82, 2.24) is 0 Å². The highest BCUT2D eigenvalue weighted by Gasteiger charge is 2.43. The van der Waals surface area contributed by atoms with E-state index in [1.165, 1.54) is 49.7 Å². The van der Waals surface area contributed by atoms with Gasteiger partial charge in [-0.15, -0.1) is 0 Å². The minimum Gasteiger partial charge on any atom is -0.462 e. The molecule has 3 heteroatoms. The first-order chi connectivity index (χ1) is 8.53. The Labute approximate surface area is 110 Å². The summed E-state index contributed by atoms with van der Waals surface area (Å²) in [7, 11) is 2.39. The minimum absolute atomic E-state index is 0.231. The van der Waals surface area contributed by atoms with E-state index >= 15 is 0 Å². The van der Waals surface area contributed by atoms with Crippen LogP contribution in [0, 0.1) is 5.92 Å². The highest BCUT2D eigenvalue weighted by atomic mass is 16.5. The van der Waals surface area contributed by atoms with Crippen molar-refractivity contribution in [1.29, 1.82) is 0 Å². The molecule has 2 saturated heterocycles. The van der Waals surface area contributed by atoms with Gasteiger partial charge in [-0.2, -0.15) is 0 Å². The van der Waals surface area contributed by atoms with Gasteiger partial charge in [-0.3, -0.25) is 0 Å². The molecule has 2 aliphatic rings. The van der Waals surface area contributed by atoms with E-state index in [0.717, 1.165) is 0 Å². The van der Waals surface area contributed by atoms with Crippen molar-refractivity contribution >= 4 is 5.97 Å². The number of carbonyl (C=O) groups is 1. The lowest BCUT2D eigenvalue weighted by atomic mass is 9.82. The SMILES string of the molecule is C=C(C)C(=O)OC[C@H]1CCC[N+]2(C)CCCC[C@H]12. The molecule has 2 fully saturated rings. The first-order valence-corrected chi connectivity index (χ1v) is 7.20. The monoisotopic (exact) mass is 252 g/mol. The summed E-state index contributed by atoms with van der Waals surface area (Å²) in [6, 6.07) is 0.699. The molecule has 0 spiro atoms. The third-order valence-electron chi connectivity index (χ3n) is 4.78. The molecule has 3 nitrogen and oxygen atoms in total. The van der Waals surface area contributed by atoms with E-state index in [0.29, 0.717) is 24.1 Å². The van der Waals surface area contributed by atoms with Crippen LogP contribution in [0.5, 0.6) is 0 Å². The van der Waals surface area contributed by atoms with Crippen molar-refractivity contribution in [2.24, 2.45) is 5.92 Å². The van der Waals surface area contributed by atoms with Crippen LogP contribution in [0.3, 0.4) is 0 Å². The van der Waals surface area contributed by atoms with Crippen LogP contribution in [0.25, 0.3) is 0 Å². The fraction of sp³-hybridized carbons (Fsp3) is 0.800. The lowest BCUT2D eigenvalue weighted by Crippen LogP contribution is -2.61. The number of piperidine rings is 2. The molecule has 2 rings (SSSR count). The number of quaternary nitrogens is 1. The maximum Gasteiger partial charge on any atom is 0.333 e. The van der Waals surface area contributed by atoms with Crippen molar-refractivity contribution in [3.05, 3.63) is 12.2 Å². The molecule has 0 amide bonds. The number of fused-ring (bicyclic) bond motifs is 1. The van der Waals surface area contributed by atoms with Gasteiger partial charge in [0.2, 0.25) is 0 Å². The van der Waals surface area contributed by atoms with Gasteiger partial charge in [0.05, 0.1) is 26.2 Å². The third-order valence-corrected chi connectivity index (χ3v) is 4.78. The van der Waals surface area contributed by atoms with Crippen molar-refractivity contribution in [3.63, 3.8) is 0 Å². The Hall–Kier alpha value is -0.830. The van der Waals surface area contributed by atoms with Gasteiger partial charge in [0.15, 0.2) is 0 Å². The van der Waals surface area contributed by atoms with Crippen molar-refractivity contribution in [3.8, 4) is 0 Å². The van der Waals surface area contributed by atoms with Crippen LogP contribution in [-0.2, 0) is 9.53 Å². The summed E-state index contributed by atoms with van der Waals surface area (Å²) in [5.41, 5.74) is 0.506. The zero-order chi connectivity index (χ0) is 13.2. The number of rotatable bonds is 3. The maximum atomic E-state index is 11.5. The zero-order valence-corrected chi connectivity index (χ0v) is 11.8. The van der Waals surface area contributed by atoms with E-state index in [-0.39, 0.29) is 5.97 Å². The highest BCUT2D eigenvalue weighted by molar-refractivity contribution is 5.86. The zero-order valence-electron chi connectivity index (χ0n) is 11.8. The van der Waals surface area contributed by atoms with E-state index in [4.69, 9.17) is 4.74 Å². The minimum atomic E-state index is -0.231. The Morgan fingerprint density at radius 3 is 2.72 bits per heavy atom. The summed E-state index contributed by atoms with van der Waals surface area (Å²) >= 11 is 0. The molecule has 102 valence electrons. The summed E-state index contributed by atoms with van der Waals surface area (Å²) in [5.74, 6) is 0.318. The second-order valence-corrected chi connectivity index (χ2v) is 6.27. The molecule has 1 unspecified atom stereocenters. The van der Waals surface area contributed by atoms with Crippen molar-refractivity contribution in [2.45, 2.75) is 45.1 Å². The molecule has 0 aromatic heterocycles. The predicted molar refractivity (Wildman–Crippen MR) is 72.1 cm³/mol. The van der Waals surface area contributed by atoms with Gasteiger partial charge in [0.25, 0.3) is 0 Å². The second kappa shape index (κ2) is 5.43. The molecule has 0 radical (unpaired) electrons. The van der Waals surface area contributed by atoms with Crippen LogP contribution in [0.1, 0.15) is 39.0 Å². The van der Waals surface area contributed by atoms with Crippen LogP contribution >= 0.6 is 0 Å². The smallest absolute Gasteiger partial charge is 0.333 e. The number of ether oxygens (including phenoxy) is 1. The summed E-state index contributed by atoms with van der Waals surface area (Å²) in [4.78, 5) is 11.5. The first-order valence-electron chi connectivity index (χ1n) is 7.20. The molecule has 0 aromatic carbocycles. The van der Waals surface area contributed by atoms with E-state index in [2.05, 4.69) is 13.6 Å². The number of esters is 1. The summed E-state index contributed by atoms with van der Waals surface area (Å²) in [6.07, 6.45) is 6.46. The standard InChI is InChI=1S/C15H26NO2/c1-12(2)15(17)18-11-13-7-6-10-16(3)9-5-4-8-14(13)16/h13-14H,1,4-11H2,2-3H3/q+1/t13-,14-,16?/m1/s1. The van der Waals surface area contributed by atoms with Gasteiger partial charge in [-0.25, -0.2) is 4.79 Å².